The fraction of sp³-hybridized carbons (Fsp3) is 0.588. The average molecular weight is 346 g/mol. The van der Waals surface area contributed by atoms with E-state index < -0.39 is 0 Å². The molecule has 0 aromatic carbocycles. The summed E-state index contributed by atoms with van der Waals surface area (Å²) in [5, 5.41) is 11.2. The number of likely N-dealkylation sites (tertiary alicyclic amines) is 1. The second kappa shape index (κ2) is 7.03. The quantitative estimate of drug-likeness (QED) is 0.870. The van der Waals surface area contributed by atoms with Crippen LogP contribution in [-0.4, -0.2) is 40.6 Å². The minimum absolute atomic E-state index is 0.0803. The lowest BCUT2D eigenvalue weighted by Crippen LogP contribution is -2.43. The molecule has 1 N–H and O–H groups in total. The lowest BCUT2D eigenvalue weighted by Gasteiger charge is -2.30. The van der Waals surface area contributed by atoms with Gasteiger partial charge in [-0.3, -0.25) is 9.69 Å². The molecule has 2 aromatic rings. The second-order valence-electron chi connectivity index (χ2n) is 6.79. The Labute approximate surface area is 145 Å². The third kappa shape index (κ3) is 3.84. The van der Waals surface area contributed by atoms with Crippen LogP contribution in [0.2, 0.25) is 0 Å². The molecule has 1 atom stereocenters. The van der Waals surface area contributed by atoms with E-state index >= 15 is 0 Å². The zero-order valence-electron chi connectivity index (χ0n) is 13.6. The largest absolute Gasteiger partial charge is 0.356 e. The van der Waals surface area contributed by atoms with Gasteiger partial charge in [0, 0.05) is 24.0 Å². The van der Waals surface area contributed by atoms with Gasteiger partial charge in [-0.25, -0.2) is 0 Å². The molecule has 1 amide bonds. The normalized spacial score (nSPS) is 21.8. The van der Waals surface area contributed by atoms with Gasteiger partial charge >= 0.3 is 0 Å². The van der Waals surface area contributed by atoms with Gasteiger partial charge in [0.15, 0.2) is 0 Å². The Hall–Kier alpha value is -1.73. The molecule has 3 heterocycles. The number of rotatable bonds is 6. The fourth-order valence-electron chi connectivity index (χ4n) is 3.14. The van der Waals surface area contributed by atoms with Gasteiger partial charge in [-0.1, -0.05) is 5.16 Å². The molecule has 1 saturated heterocycles. The van der Waals surface area contributed by atoms with Gasteiger partial charge < -0.3 is 9.84 Å². The molecule has 0 radical (unpaired) electrons. The van der Waals surface area contributed by atoms with Crippen molar-refractivity contribution in [1.82, 2.24) is 20.4 Å². The lowest BCUT2D eigenvalue weighted by molar-refractivity contribution is -0.126. The molecule has 2 aromatic heterocycles. The van der Waals surface area contributed by atoms with Gasteiger partial charge in [-0.05, 0) is 49.6 Å². The van der Waals surface area contributed by atoms with Gasteiger partial charge in [0.2, 0.25) is 17.6 Å². The maximum absolute atomic E-state index is 12.3. The summed E-state index contributed by atoms with van der Waals surface area (Å²) in [7, 11) is 0. The molecule has 1 saturated carbocycles. The highest BCUT2D eigenvalue weighted by molar-refractivity contribution is 7.08. The number of amides is 1. The molecule has 7 heteroatoms. The van der Waals surface area contributed by atoms with Gasteiger partial charge in [0.05, 0.1) is 12.5 Å². The Morgan fingerprint density at radius 3 is 3.12 bits per heavy atom. The first-order valence-electron chi connectivity index (χ1n) is 8.63. The number of nitrogens with zero attached hydrogens (tertiary/aromatic N) is 3. The van der Waals surface area contributed by atoms with Crippen molar-refractivity contribution in [2.45, 2.75) is 32.2 Å². The second-order valence-corrected chi connectivity index (χ2v) is 7.57. The summed E-state index contributed by atoms with van der Waals surface area (Å²) < 4.78 is 5.38. The number of thiophene rings is 1. The van der Waals surface area contributed by atoms with Gasteiger partial charge in [-0.15, -0.1) is 0 Å². The van der Waals surface area contributed by atoms with E-state index in [9.17, 15) is 4.79 Å². The minimum Gasteiger partial charge on any atom is -0.356 e. The first kappa shape index (κ1) is 15.8. The molecule has 24 heavy (non-hydrogen) atoms. The molecule has 1 aliphatic carbocycles. The zero-order valence-corrected chi connectivity index (χ0v) is 14.4. The van der Waals surface area contributed by atoms with Crippen molar-refractivity contribution in [3.05, 3.63) is 22.7 Å². The molecule has 0 bridgehead atoms. The highest BCUT2D eigenvalue weighted by Gasteiger charge is 2.28. The number of aromatic nitrogens is 2. The molecule has 1 unspecified atom stereocenters. The number of carbonyl (C=O) groups excluding carboxylic acids is 1. The number of carbonyl (C=O) groups is 1. The minimum atomic E-state index is 0.0803. The summed E-state index contributed by atoms with van der Waals surface area (Å²) in [6.45, 7) is 3.21. The van der Waals surface area contributed by atoms with Crippen molar-refractivity contribution < 1.29 is 9.32 Å². The van der Waals surface area contributed by atoms with Crippen molar-refractivity contribution in [1.29, 1.82) is 0 Å². The van der Waals surface area contributed by atoms with E-state index in [-0.39, 0.29) is 11.8 Å². The molecule has 1 aliphatic heterocycles. The maximum atomic E-state index is 12.3. The van der Waals surface area contributed by atoms with Crippen LogP contribution in [0, 0.1) is 11.8 Å². The SMILES string of the molecule is O=C(NCC1CC1)C1CCCN(Cc2nc(-c3ccsc3)no2)C1. The summed E-state index contributed by atoms with van der Waals surface area (Å²) in [5.41, 5.74) is 0.992. The monoisotopic (exact) mass is 346 g/mol. The molecule has 2 aliphatic rings. The van der Waals surface area contributed by atoms with E-state index in [0.29, 0.717) is 18.3 Å². The van der Waals surface area contributed by atoms with Crippen LogP contribution in [0.5, 0.6) is 0 Å². The third-order valence-corrected chi connectivity index (χ3v) is 5.43. The van der Waals surface area contributed by atoms with E-state index in [0.717, 1.165) is 44.0 Å². The Morgan fingerprint density at radius 2 is 2.33 bits per heavy atom. The van der Waals surface area contributed by atoms with Gasteiger partial charge in [-0.2, -0.15) is 16.3 Å². The first-order chi connectivity index (χ1) is 11.8. The number of nitrogens with one attached hydrogen (secondary N) is 1. The van der Waals surface area contributed by atoms with Crippen molar-refractivity contribution in [3.63, 3.8) is 0 Å². The van der Waals surface area contributed by atoms with Gasteiger partial charge in [0.25, 0.3) is 0 Å². The molecule has 4 rings (SSSR count). The fourth-order valence-corrected chi connectivity index (χ4v) is 3.78. The third-order valence-electron chi connectivity index (χ3n) is 4.74. The highest BCUT2D eigenvalue weighted by atomic mass is 32.1. The molecular weight excluding hydrogens is 324 g/mol. The zero-order chi connectivity index (χ0) is 16.4. The van der Waals surface area contributed by atoms with Crippen molar-refractivity contribution in [2.24, 2.45) is 11.8 Å². The lowest BCUT2D eigenvalue weighted by atomic mass is 9.97. The smallest absolute Gasteiger partial charge is 0.241 e. The summed E-state index contributed by atoms with van der Waals surface area (Å²) in [5.74, 6) is 2.27. The Bertz CT molecular complexity index is 681. The van der Waals surface area contributed by atoms with E-state index in [1.807, 2.05) is 16.8 Å². The van der Waals surface area contributed by atoms with E-state index in [2.05, 4.69) is 20.4 Å². The average Bonchev–Trinajstić information content (AvgIpc) is 3.07. The van der Waals surface area contributed by atoms with Crippen LogP contribution in [0.15, 0.2) is 21.3 Å². The van der Waals surface area contributed by atoms with Gasteiger partial charge in [0.1, 0.15) is 0 Å². The highest BCUT2D eigenvalue weighted by Crippen LogP contribution is 2.28. The number of hydrogen-bond donors (Lipinski definition) is 1. The number of piperidine rings is 1. The van der Waals surface area contributed by atoms with E-state index in [1.54, 1.807) is 11.3 Å². The summed E-state index contributed by atoms with van der Waals surface area (Å²) >= 11 is 1.62. The number of hydrogen-bond acceptors (Lipinski definition) is 6. The summed E-state index contributed by atoms with van der Waals surface area (Å²) in [6, 6.07) is 1.99. The van der Waals surface area contributed by atoms with Crippen LogP contribution in [0.4, 0.5) is 0 Å². The van der Waals surface area contributed by atoms with Crippen LogP contribution in [0.3, 0.4) is 0 Å². The summed E-state index contributed by atoms with van der Waals surface area (Å²) in [6.07, 6.45) is 4.53. The van der Waals surface area contributed by atoms with Crippen molar-refractivity contribution in [3.8, 4) is 11.4 Å². The molecular formula is C17H22N4O2S. The topological polar surface area (TPSA) is 71.3 Å². The van der Waals surface area contributed by atoms with Crippen molar-refractivity contribution in [2.75, 3.05) is 19.6 Å². The van der Waals surface area contributed by atoms with Crippen LogP contribution < -0.4 is 5.32 Å². The van der Waals surface area contributed by atoms with E-state index in [1.165, 1.54) is 12.8 Å². The predicted molar refractivity (Wildman–Crippen MR) is 91.3 cm³/mol. The molecule has 128 valence electrons. The first-order valence-corrected chi connectivity index (χ1v) is 9.57. The predicted octanol–water partition coefficient (Wildman–Crippen LogP) is 2.54. The van der Waals surface area contributed by atoms with Crippen molar-refractivity contribution >= 4 is 17.2 Å². The Kier molecular flexibility index (Phi) is 4.62. The van der Waals surface area contributed by atoms with Crippen LogP contribution in [0.1, 0.15) is 31.6 Å². The van der Waals surface area contributed by atoms with Crippen LogP contribution in [-0.2, 0) is 11.3 Å². The maximum Gasteiger partial charge on any atom is 0.241 e. The van der Waals surface area contributed by atoms with Crippen LogP contribution >= 0.6 is 11.3 Å². The Balaban J connectivity index is 1.31. The standard InChI is InChI=1S/C17H22N4O2S/c22-17(18-8-12-3-4-12)13-2-1-6-21(9-13)10-15-19-16(20-23-15)14-5-7-24-11-14/h5,7,11-13H,1-4,6,8-10H2,(H,18,22). The molecule has 2 fully saturated rings. The summed E-state index contributed by atoms with van der Waals surface area (Å²) in [4.78, 5) is 19.0. The van der Waals surface area contributed by atoms with Crippen LogP contribution in [0.25, 0.3) is 11.4 Å². The molecule has 0 spiro atoms. The molecule has 6 nitrogen and oxygen atoms in total. The van der Waals surface area contributed by atoms with E-state index in [4.69, 9.17) is 4.52 Å². The Morgan fingerprint density at radius 1 is 1.42 bits per heavy atom.